The molecule has 0 amide bonds. The Balaban J connectivity index is 0.00000144. The lowest BCUT2D eigenvalue weighted by atomic mass is 9.99. The summed E-state index contributed by atoms with van der Waals surface area (Å²) in [7, 11) is 0. The van der Waals surface area contributed by atoms with Gasteiger partial charge in [-0.3, -0.25) is 9.25 Å². The average Bonchev–Trinajstić information content (AvgIpc) is 3.17. The van der Waals surface area contributed by atoms with Crippen LogP contribution in [0.1, 0.15) is 37.9 Å². The van der Waals surface area contributed by atoms with E-state index in [0.717, 1.165) is 44.7 Å². The van der Waals surface area contributed by atoms with Gasteiger partial charge in [0.1, 0.15) is 5.82 Å². The molecule has 0 saturated carbocycles. The van der Waals surface area contributed by atoms with E-state index in [1.54, 1.807) is 10.9 Å². The van der Waals surface area contributed by atoms with Gasteiger partial charge in [-0.05, 0) is 38.8 Å². The summed E-state index contributed by atoms with van der Waals surface area (Å²) in [5.41, 5.74) is 0.0172. The summed E-state index contributed by atoms with van der Waals surface area (Å²) in [4.78, 5) is 12.5. The predicted molar refractivity (Wildman–Crippen MR) is 98.3 cm³/mol. The Morgan fingerprint density at radius 2 is 2.17 bits per heavy atom. The lowest BCUT2D eigenvalue weighted by molar-refractivity contribution is 0.429. The molecule has 24 heavy (non-hydrogen) atoms. The van der Waals surface area contributed by atoms with E-state index in [4.69, 9.17) is 0 Å². The van der Waals surface area contributed by atoms with Crippen molar-refractivity contribution in [3.05, 3.63) is 34.8 Å². The summed E-state index contributed by atoms with van der Waals surface area (Å²) in [5, 5.41) is 12.2. The van der Waals surface area contributed by atoms with Crippen LogP contribution in [0.15, 0.2) is 23.3 Å². The van der Waals surface area contributed by atoms with E-state index in [1.807, 2.05) is 28.4 Å². The molecule has 0 spiro atoms. The highest BCUT2D eigenvalue weighted by Gasteiger charge is 2.23. The third-order valence-corrected chi connectivity index (χ3v) is 4.25. The van der Waals surface area contributed by atoms with Gasteiger partial charge in [-0.2, -0.15) is 10.2 Å². The van der Waals surface area contributed by atoms with Crippen molar-refractivity contribution >= 4 is 24.8 Å². The van der Waals surface area contributed by atoms with Crippen LogP contribution in [0, 0.1) is 0 Å². The number of aromatic nitrogens is 5. The molecule has 2 aromatic heterocycles. The van der Waals surface area contributed by atoms with Crippen molar-refractivity contribution in [3.63, 3.8) is 0 Å². The lowest BCUT2D eigenvalue weighted by Crippen LogP contribution is -2.31. The molecule has 0 aliphatic carbocycles. The standard InChI is InChI=1S/C15H24N6O.2ClH/c1-2-20-14(13-6-3-7-16-12-13)18-21(15(20)22)11-5-10-19-9-4-8-17-19;;/h4,8-9,13,16H,2-3,5-7,10-12H2,1H3;2*1H. The van der Waals surface area contributed by atoms with Crippen molar-refractivity contribution in [3.8, 4) is 0 Å². The second-order valence-electron chi connectivity index (χ2n) is 5.77. The SMILES string of the molecule is CCn1c(C2CCCNC2)nn(CCCn2cccn2)c1=O.Cl.Cl. The van der Waals surface area contributed by atoms with Crippen LogP contribution in [-0.4, -0.2) is 37.2 Å². The molecular weight excluding hydrogens is 351 g/mol. The molecule has 0 bridgehead atoms. The van der Waals surface area contributed by atoms with Crippen molar-refractivity contribution in [1.29, 1.82) is 0 Å². The number of nitrogens with zero attached hydrogens (tertiary/aromatic N) is 5. The van der Waals surface area contributed by atoms with E-state index in [1.165, 1.54) is 0 Å². The lowest BCUT2D eigenvalue weighted by Gasteiger charge is -2.21. The summed E-state index contributed by atoms with van der Waals surface area (Å²) in [6, 6.07) is 1.91. The number of hydrogen-bond donors (Lipinski definition) is 1. The fourth-order valence-electron chi connectivity index (χ4n) is 3.09. The van der Waals surface area contributed by atoms with Crippen LogP contribution in [0.25, 0.3) is 0 Å². The molecule has 1 N–H and O–H groups in total. The number of hydrogen-bond acceptors (Lipinski definition) is 4. The molecule has 1 unspecified atom stereocenters. The Kier molecular flexibility index (Phi) is 8.52. The van der Waals surface area contributed by atoms with Crippen molar-refractivity contribution in [2.75, 3.05) is 13.1 Å². The molecule has 0 radical (unpaired) electrons. The maximum atomic E-state index is 12.5. The van der Waals surface area contributed by atoms with E-state index in [2.05, 4.69) is 15.5 Å². The summed E-state index contributed by atoms with van der Waals surface area (Å²) >= 11 is 0. The number of piperidine rings is 1. The normalized spacial score (nSPS) is 17.1. The quantitative estimate of drug-likeness (QED) is 0.832. The fraction of sp³-hybridized carbons (Fsp3) is 0.667. The van der Waals surface area contributed by atoms with E-state index in [-0.39, 0.29) is 30.5 Å². The Morgan fingerprint density at radius 3 is 2.79 bits per heavy atom. The molecular formula is C15H26Cl2N6O. The van der Waals surface area contributed by atoms with E-state index < -0.39 is 0 Å². The summed E-state index contributed by atoms with van der Waals surface area (Å²) in [6.45, 7) is 6.12. The molecule has 3 rings (SSSR count). The van der Waals surface area contributed by atoms with Gasteiger partial charge in [-0.1, -0.05) is 0 Å². The molecule has 1 aliphatic rings. The van der Waals surface area contributed by atoms with Crippen molar-refractivity contribution in [1.82, 2.24) is 29.4 Å². The summed E-state index contributed by atoms with van der Waals surface area (Å²) in [6.07, 6.45) is 6.81. The van der Waals surface area contributed by atoms with E-state index in [0.29, 0.717) is 19.0 Å². The van der Waals surface area contributed by atoms with E-state index in [9.17, 15) is 4.79 Å². The van der Waals surface area contributed by atoms with Gasteiger partial charge in [-0.25, -0.2) is 9.48 Å². The second kappa shape index (κ2) is 9.86. The second-order valence-corrected chi connectivity index (χ2v) is 5.77. The molecule has 3 heterocycles. The third-order valence-electron chi connectivity index (χ3n) is 4.25. The van der Waals surface area contributed by atoms with Crippen molar-refractivity contribution < 1.29 is 0 Å². The smallest absolute Gasteiger partial charge is 0.316 e. The maximum Gasteiger partial charge on any atom is 0.345 e. The topological polar surface area (TPSA) is 69.7 Å². The fourth-order valence-corrected chi connectivity index (χ4v) is 3.09. The monoisotopic (exact) mass is 376 g/mol. The minimum absolute atomic E-state index is 0. The molecule has 1 aliphatic heterocycles. The highest BCUT2D eigenvalue weighted by molar-refractivity contribution is 5.85. The zero-order chi connectivity index (χ0) is 15.4. The van der Waals surface area contributed by atoms with Crippen LogP contribution < -0.4 is 11.0 Å². The number of nitrogens with one attached hydrogen (secondary N) is 1. The minimum Gasteiger partial charge on any atom is -0.316 e. The van der Waals surface area contributed by atoms with Gasteiger partial charge in [0.2, 0.25) is 0 Å². The number of rotatable bonds is 6. The van der Waals surface area contributed by atoms with Crippen molar-refractivity contribution in [2.24, 2.45) is 0 Å². The van der Waals surface area contributed by atoms with Gasteiger partial charge in [0.25, 0.3) is 0 Å². The molecule has 1 fully saturated rings. The Morgan fingerprint density at radius 1 is 1.33 bits per heavy atom. The average molecular weight is 377 g/mol. The van der Waals surface area contributed by atoms with Crippen LogP contribution in [0.4, 0.5) is 0 Å². The van der Waals surface area contributed by atoms with Crippen molar-refractivity contribution in [2.45, 2.75) is 51.7 Å². The van der Waals surface area contributed by atoms with Crippen LogP contribution in [0.5, 0.6) is 0 Å². The zero-order valence-corrected chi connectivity index (χ0v) is 15.6. The molecule has 2 aromatic rings. The molecule has 1 atom stereocenters. The number of aryl methyl sites for hydroxylation is 2. The summed E-state index contributed by atoms with van der Waals surface area (Å²) < 4.78 is 5.33. The van der Waals surface area contributed by atoms with Gasteiger partial charge < -0.3 is 5.32 Å². The van der Waals surface area contributed by atoms with Gasteiger partial charge in [0.05, 0.1) is 0 Å². The van der Waals surface area contributed by atoms with Gasteiger partial charge in [-0.15, -0.1) is 24.8 Å². The van der Waals surface area contributed by atoms with Gasteiger partial charge >= 0.3 is 5.69 Å². The highest BCUT2D eigenvalue weighted by Crippen LogP contribution is 2.20. The molecule has 7 nitrogen and oxygen atoms in total. The molecule has 9 heteroatoms. The van der Waals surface area contributed by atoms with Crippen LogP contribution >= 0.6 is 24.8 Å². The van der Waals surface area contributed by atoms with Crippen LogP contribution in [-0.2, 0) is 19.6 Å². The number of halogens is 2. The minimum atomic E-state index is 0. The summed E-state index contributed by atoms with van der Waals surface area (Å²) in [5.74, 6) is 1.30. The molecule has 1 saturated heterocycles. The Hall–Kier alpha value is -1.31. The third kappa shape index (κ3) is 4.62. The first-order chi connectivity index (χ1) is 10.8. The molecule has 0 aromatic carbocycles. The predicted octanol–water partition coefficient (Wildman–Crippen LogP) is 1.66. The first kappa shape index (κ1) is 20.7. The largest absolute Gasteiger partial charge is 0.345 e. The first-order valence-corrected chi connectivity index (χ1v) is 8.15. The van der Waals surface area contributed by atoms with Gasteiger partial charge in [0.15, 0.2) is 0 Å². The zero-order valence-electron chi connectivity index (χ0n) is 13.9. The highest BCUT2D eigenvalue weighted by atomic mass is 35.5. The maximum absolute atomic E-state index is 12.5. The van der Waals surface area contributed by atoms with E-state index >= 15 is 0 Å². The van der Waals surface area contributed by atoms with Crippen LogP contribution in [0.2, 0.25) is 0 Å². The Labute approximate surface area is 154 Å². The first-order valence-electron chi connectivity index (χ1n) is 8.15. The Bertz CT molecular complexity index is 645. The van der Waals surface area contributed by atoms with Crippen LogP contribution in [0.3, 0.4) is 0 Å². The van der Waals surface area contributed by atoms with Gasteiger partial charge in [0, 0.05) is 44.5 Å². The molecule has 136 valence electrons.